The molecule has 7 atom stereocenters. The summed E-state index contributed by atoms with van der Waals surface area (Å²) in [5.41, 5.74) is 0.688. The predicted molar refractivity (Wildman–Crippen MR) is 88.9 cm³/mol. The number of rotatable bonds is 2. The zero-order valence-corrected chi connectivity index (χ0v) is 14.7. The number of carboxylic acids is 1. The Bertz CT molecular complexity index is 517. The largest absolute Gasteiger partial charge is 0.481 e. The third-order valence-electron chi connectivity index (χ3n) is 8.94. The average Bonchev–Trinajstić information content (AvgIpc) is 2.78. The van der Waals surface area contributed by atoms with Gasteiger partial charge in [0.05, 0.1) is 5.92 Å². The number of aliphatic hydroxyl groups excluding tert-OH is 1. The van der Waals surface area contributed by atoms with Gasteiger partial charge in [0.25, 0.3) is 0 Å². The molecule has 0 aromatic heterocycles. The first kappa shape index (κ1) is 15.9. The van der Waals surface area contributed by atoms with Crippen molar-refractivity contribution in [3.8, 4) is 0 Å². The van der Waals surface area contributed by atoms with Gasteiger partial charge >= 0.3 is 5.97 Å². The third kappa shape index (κ3) is 2.01. The van der Waals surface area contributed by atoms with Crippen LogP contribution in [0.15, 0.2) is 0 Å². The topological polar surface area (TPSA) is 57.5 Å². The zero-order chi connectivity index (χ0) is 16.5. The number of hydrogen-bond donors (Lipinski definition) is 2. The van der Waals surface area contributed by atoms with Crippen molar-refractivity contribution in [3.63, 3.8) is 0 Å². The smallest absolute Gasteiger partial charge is 0.306 e. The summed E-state index contributed by atoms with van der Waals surface area (Å²) < 4.78 is 0. The number of carboxylic acid groups (broad SMARTS) is 1. The van der Waals surface area contributed by atoms with Crippen LogP contribution in [0, 0.1) is 39.9 Å². The minimum absolute atomic E-state index is 0.0796. The van der Waals surface area contributed by atoms with E-state index in [1.807, 2.05) is 0 Å². The second kappa shape index (κ2) is 4.97. The van der Waals surface area contributed by atoms with Gasteiger partial charge in [0, 0.05) is 6.61 Å². The zero-order valence-electron chi connectivity index (χ0n) is 14.7. The molecule has 1 unspecified atom stereocenters. The molecule has 0 radical (unpaired) electrons. The maximum Gasteiger partial charge on any atom is 0.306 e. The van der Waals surface area contributed by atoms with Crippen LogP contribution in [-0.4, -0.2) is 22.8 Å². The van der Waals surface area contributed by atoms with Crippen molar-refractivity contribution in [3.05, 3.63) is 0 Å². The molecule has 4 saturated carbocycles. The van der Waals surface area contributed by atoms with Crippen molar-refractivity contribution in [1.82, 2.24) is 0 Å². The summed E-state index contributed by atoms with van der Waals surface area (Å²) in [6.45, 7) is 5.10. The second-order valence-electron chi connectivity index (χ2n) is 9.87. The highest BCUT2D eigenvalue weighted by Crippen LogP contribution is 2.72. The van der Waals surface area contributed by atoms with E-state index in [1.165, 1.54) is 32.1 Å². The fourth-order valence-electron chi connectivity index (χ4n) is 8.06. The van der Waals surface area contributed by atoms with E-state index in [-0.39, 0.29) is 11.3 Å². The van der Waals surface area contributed by atoms with Gasteiger partial charge in [0.15, 0.2) is 0 Å². The molecule has 0 saturated heterocycles. The molecule has 3 heteroatoms. The molecule has 130 valence electrons. The summed E-state index contributed by atoms with van der Waals surface area (Å²) >= 11 is 0. The highest BCUT2D eigenvalue weighted by molar-refractivity contribution is 5.71. The van der Waals surface area contributed by atoms with Crippen LogP contribution in [-0.2, 0) is 4.79 Å². The Labute approximate surface area is 139 Å². The van der Waals surface area contributed by atoms with Crippen molar-refractivity contribution >= 4 is 5.97 Å². The van der Waals surface area contributed by atoms with Crippen LogP contribution in [0.4, 0.5) is 0 Å². The standard InChI is InChI=1S/C20H32O3/c1-18(12-21)7-3-8-19(2)15(18)6-9-20-10-13(4-5-16(19)20)14(11-20)17(22)23/h13-16,21H,3-12H2,1-2H3,(H,22,23)/t13-,14+,15-,16+,18+,19?,20+/m1/s1. The molecule has 0 aromatic rings. The molecule has 4 aliphatic rings. The summed E-state index contributed by atoms with van der Waals surface area (Å²) in [5.74, 6) is 1.08. The summed E-state index contributed by atoms with van der Waals surface area (Å²) in [7, 11) is 0. The lowest BCUT2D eigenvalue weighted by Gasteiger charge is -2.64. The molecule has 4 aliphatic carbocycles. The first-order chi connectivity index (χ1) is 10.8. The minimum atomic E-state index is -0.552. The summed E-state index contributed by atoms with van der Waals surface area (Å²) in [6, 6.07) is 0. The Morgan fingerprint density at radius 2 is 1.83 bits per heavy atom. The second-order valence-corrected chi connectivity index (χ2v) is 9.87. The van der Waals surface area contributed by atoms with Crippen LogP contribution < -0.4 is 0 Å². The first-order valence-corrected chi connectivity index (χ1v) is 9.68. The van der Waals surface area contributed by atoms with E-state index >= 15 is 0 Å². The molecule has 0 amide bonds. The minimum Gasteiger partial charge on any atom is -0.481 e. The molecule has 2 N–H and O–H groups in total. The van der Waals surface area contributed by atoms with Gasteiger partial charge in [0.2, 0.25) is 0 Å². The van der Waals surface area contributed by atoms with Gasteiger partial charge in [-0.15, -0.1) is 0 Å². The van der Waals surface area contributed by atoms with Crippen molar-refractivity contribution in [1.29, 1.82) is 0 Å². The Hall–Kier alpha value is -0.570. The highest BCUT2D eigenvalue weighted by Gasteiger charge is 2.65. The van der Waals surface area contributed by atoms with Gasteiger partial charge < -0.3 is 10.2 Å². The third-order valence-corrected chi connectivity index (χ3v) is 8.94. The van der Waals surface area contributed by atoms with E-state index < -0.39 is 5.97 Å². The van der Waals surface area contributed by atoms with Gasteiger partial charge in [-0.3, -0.25) is 4.79 Å². The van der Waals surface area contributed by atoms with Crippen molar-refractivity contribution in [2.75, 3.05) is 6.61 Å². The van der Waals surface area contributed by atoms with E-state index in [1.54, 1.807) is 0 Å². The number of aliphatic carboxylic acids is 1. The molecule has 0 aromatic carbocycles. The molecule has 3 nitrogen and oxygen atoms in total. The van der Waals surface area contributed by atoms with Gasteiger partial charge in [-0.05, 0) is 85.4 Å². The van der Waals surface area contributed by atoms with Crippen LogP contribution in [0.2, 0.25) is 0 Å². The number of aliphatic hydroxyl groups is 1. The predicted octanol–water partition coefficient (Wildman–Crippen LogP) is 4.09. The molecule has 2 bridgehead atoms. The van der Waals surface area contributed by atoms with Crippen LogP contribution in [0.25, 0.3) is 0 Å². The Morgan fingerprint density at radius 3 is 2.52 bits per heavy atom. The molecule has 1 spiro atoms. The maximum absolute atomic E-state index is 11.7. The Morgan fingerprint density at radius 1 is 1.04 bits per heavy atom. The lowest BCUT2D eigenvalue weighted by atomic mass is 9.41. The summed E-state index contributed by atoms with van der Waals surface area (Å²) in [6.07, 6.45) is 10.5. The van der Waals surface area contributed by atoms with Crippen LogP contribution in [0.3, 0.4) is 0 Å². The lowest BCUT2D eigenvalue weighted by molar-refractivity contribution is -0.159. The summed E-state index contributed by atoms with van der Waals surface area (Å²) in [4.78, 5) is 11.7. The molecule has 23 heavy (non-hydrogen) atoms. The molecule has 4 rings (SSSR count). The van der Waals surface area contributed by atoms with Crippen LogP contribution >= 0.6 is 0 Å². The molecule has 0 heterocycles. The number of hydrogen-bond acceptors (Lipinski definition) is 2. The number of carbonyl (C=O) groups is 1. The van der Waals surface area contributed by atoms with E-state index in [4.69, 9.17) is 0 Å². The fraction of sp³-hybridized carbons (Fsp3) is 0.950. The van der Waals surface area contributed by atoms with Crippen molar-refractivity contribution in [2.24, 2.45) is 39.9 Å². The van der Waals surface area contributed by atoms with Crippen molar-refractivity contribution in [2.45, 2.75) is 71.6 Å². The molecule has 4 fully saturated rings. The van der Waals surface area contributed by atoms with E-state index in [9.17, 15) is 15.0 Å². The van der Waals surface area contributed by atoms with Gasteiger partial charge in [-0.2, -0.15) is 0 Å². The van der Waals surface area contributed by atoms with E-state index in [0.717, 1.165) is 25.7 Å². The van der Waals surface area contributed by atoms with Gasteiger partial charge in [-0.1, -0.05) is 20.3 Å². The quantitative estimate of drug-likeness (QED) is 0.805. The van der Waals surface area contributed by atoms with Gasteiger partial charge in [-0.25, -0.2) is 0 Å². The average molecular weight is 320 g/mol. The van der Waals surface area contributed by atoms with Crippen molar-refractivity contribution < 1.29 is 15.0 Å². The molecular formula is C20H32O3. The number of fused-ring (bicyclic) bond motifs is 3. The van der Waals surface area contributed by atoms with Crippen LogP contribution in [0.1, 0.15) is 71.6 Å². The Balaban J connectivity index is 1.69. The summed E-state index contributed by atoms with van der Waals surface area (Å²) in [5, 5.41) is 19.7. The van der Waals surface area contributed by atoms with E-state index in [2.05, 4.69) is 13.8 Å². The normalized spacial score (nSPS) is 55.1. The molecular weight excluding hydrogens is 288 g/mol. The van der Waals surface area contributed by atoms with E-state index in [0.29, 0.717) is 35.2 Å². The molecule has 0 aliphatic heterocycles. The SMILES string of the molecule is CC12CCC[C@@](C)(CO)[C@H]1CC[C@@]13C[C@@H](CC[C@@H]21)[C@@H](C(=O)O)C3. The van der Waals surface area contributed by atoms with Crippen LogP contribution in [0.5, 0.6) is 0 Å². The fourth-order valence-corrected chi connectivity index (χ4v) is 8.06. The first-order valence-electron chi connectivity index (χ1n) is 9.68. The van der Waals surface area contributed by atoms with Gasteiger partial charge in [0.1, 0.15) is 0 Å². The highest BCUT2D eigenvalue weighted by atomic mass is 16.4. The maximum atomic E-state index is 11.7. The lowest BCUT2D eigenvalue weighted by Crippen LogP contribution is -2.57. The monoisotopic (exact) mass is 320 g/mol. The Kier molecular flexibility index (Phi) is 3.44.